The maximum absolute atomic E-state index is 12.7. The van der Waals surface area contributed by atoms with Crippen molar-refractivity contribution in [2.24, 2.45) is 18.9 Å². The fourth-order valence-electron chi connectivity index (χ4n) is 4.92. The first kappa shape index (κ1) is 21.3. The average molecular weight is 401 g/mol. The van der Waals surface area contributed by atoms with Gasteiger partial charge in [-0.3, -0.25) is 19.2 Å². The van der Waals surface area contributed by atoms with Gasteiger partial charge in [0.1, 0.15) is 0 Å². The summed E-state index contributed by atoms with van der Waals surface area (Å²) in [4.78, 5) is 23.6. The molecule has 0 radical (unpaired) electrons. The van der Waals surface area contributed by atoms with E-state index >= 15 is 0 Å². The zero-order valence-electron chi connectivity index (χ0n) is 17.6. The maximum Gasteiger partial charge on any atom is 0.290 e. The fourth-order valence-corrected chi connectivity index (χ4v) is 4.92. The van der Waals surface area contributed by atoms with Crippen LogP contribution in [0.1, 0.15) is 56.5 Å². The van der Waals surface area contributed by atoms with E-state index in [-0.39, 0.29) is 12.0 Å². The molecule has 0 aromatic carbocycles. The third-order valence-corrected chi connectivity index (χ3v) is 6.07. The van der Waals surface area contributed by atoms with E-state index < -0.39 is 0 Å². The minimum absolute atomic E-state index is 0.184. The van der Waals surface area contributed by atoms with Crippen LogP contribution in [0.25, 0.3) is 0 Å². The highest BCUT2D eigenvalue weighted by molar-refractivity contribution is 5.32. The lowest BCUT2D eigenvalue weighted by atomic mass is 9.76. The Morgan fingerprint density at radius 3 is 2.69 bits per heavy atom. The Labute approximate surface area is 172 Å². The van der Waals surface area contributed by atoms with Crippen molar-refractivity contribution >= 4 is 6.47 Å². The third-order valence-electron chi connectivity index (χ3n) is 6.07. The van der Waals surface area contributed by atoms with Gasteiger partial charge in [0.15, 0.2) is 0 Å². The van der Waals surface area contributed by atoms with Crippen LogP contribution >= 0.6 is 0 Å². The van der Waals surface area contributed by atoms with Gasteiger partial charge in [0.2, 0.25) is 0 Å². The Balaban J connectivity index is 0.000000755. The van der Waals surface area contributed by atoms with Gasteiger partial charge >= 0.3 is 0 Å². The van der Waals surface area contributed by atoms with Gasteiger partial charge < -0.3 is 9.67 Å². The second-order valence-electron chi connectivity index (χ2n) is 8.67. The summed E-state index contributed by atoms with van der Waals surface area (Å²) in [5.41, 5.74) is 2.56. The second-order valence-corrected chi connectivity index (χ2v) is 8.67. The predicted octanol–water partition coefficient (Wildman–Crippen LogP) is 2.88. The molecule has 4 rings (SSSR count). The first-order valence-corrected chi connectivity index (χ1v) is 10.4. The van der Waals surface area contributed by atoms with Crippen molar-refractivity contribution in [3.8, 4) is 0 Å². The van der Waals surface area contributed by atoms with Crippen molar-refractivity contribution in [1.29, 1.82) is 0 Å². The Hall–Kier alpha value is -2.41. The largest absolute Gasteiger partial charge is 0.483 e. The van der Waals surface area contributed by atoms with Gasteiger partial charge in [-0.1, -0.05) is 19.9 Å². The summed E-state index contributed by atoms with van der Waals surface area (Å²) in [5.74, 6) is 1.69. The Morgan fingerprint density at radius 2 is 2.03 bits per heavy atom. The third kappa shape index (κ3) is 4.96. The predicted molar refractivity (Wildman–Crippen MR) is 112 cm³/mol. The number of hydrogen-bond donors (Lipinski definition) is 1. The molecule has 7 nitrogen and oxygen atoms in total. The van der Waals surface area contributed by atoms with Gasteiger partial charge in [0.05, 0.1) is 5.69 Å². The molecule has 2 aromatic heterocycles. The molecule has 0 spiro atoms. The van der Waals surface area contributed by atoms with Crippen molar-refractivity contribution in [1.82, 2.24) is 19.2 Å². The molecule has 2 bridgehead atoms. The van der Waals surface area contributed by atoms with Crippen LogP contribution in [0, 0.1) is 11.8 Å². The van der Waals surface area contributed by atoms with Crippen LogP contribution in [0.5, 0.6) is 0 Å². The number of carboxylic acid groups (broad SMARTS) is 1. The van der Waals surface area contributed by atoms with E-state index in [2.05, 4.69) is 40.5 Å². The highest BCUT2D eigenvalue weighted by atomic mass is 16.3. The topological polar surface area (TPSA) is 80.4 Å². The number of nitrogens with zero attached hydrogens (tertiary/aromatic N) is 4. The molecule has 0 amide bonds. The summed E-state index contributed by atoms with van der Waals surface area (Å²) in [6.45, 7) is 7.29. The monoisotopic (exact) mass is 400 g/mol. The standard InChI is InChI=1S/C21H30N4O.CH2O2/c1-15(2)7-8-20-17-11-16(19-5-4-6-21(26)25(19)20)12-24(13-17)14-18-9-10-23(3)22-18;2-1-3/h4-6,9-10,15-17,20H,7-8,11-14H2,1-3H3;1H,(H,2,3)/t16-,17+,20+;/m1./s1. The van der Waals surface area contributed by atoms with Gasteiger partial charge in [-0.05, 0) is 43.2 Å². The van der Waals surface area contributed by atoms with Crippen LogP contribution in [0.3, 0.4) is 0 Å². The lowest BCUT2D eigenvalue weighted by Crippen LogP contribution is -2.49. The SMILES string of the molecule is CC(C)CC[C@H]1[C@H]2C[C@H](CN(Cc3ccn(C)n3)C2)c2cccc(=O)n21.O=CO. The van der Waals surface area contributed by atoms with Gasteiger partial charge in [-0.2, -0.15) is 5.10 Å². The zero-order chi connectivity index (χ0) is 21.0. The normalized spacial score (nSPS) is 23.2. The molecule has 2 aliphatic rings. The molecule has 2 aliphatic heterocycles. The van der Waals surface area contributed by atoms with Crippen LogP contribution in [0.2, 0.25) is 0 Å². The van der Waals surface area contributed by atoms with Crippen LogP contribution in [0.4, 0.5) is 0 Å². The van der Waals surface area contributed by atoms with E-state index in [0.29, 0.717) is 23.8 Å². The van der Waals surface area contributed by atoms with Gasteiger partial charge in [-0.15, -0.1) is 0 Å². The first-order chi connectivity index (χ1) is 13.9. The maximum atomic E-state index is 12.7. The lowest BCUT2D eigenvalue weighted by Gasteiger charge is -2.47. The van der Waals surface area contributed by atoms with E-state index in [9.17, 15) is 4.79 Å². The van der Waals surface area contributed by atoms with Crippen molar-refractivity contribution in [2.75, 3.05) is 13.1 Å². The van der Waals surface area contributed by atoms with Crippen molar-refractivity contribution < 1.29 is 9.90 Å². The van der Waals surface area contributed by atoms with Crippen molar-refractivity contribution in [3.63, 3.8) is 0 Å². The van der Waals surface area contributed by atoms with Gasteiger partial charge in [-0.25, -0.2) is 0 Å². The molecule has 158 valence electrons. The molecule has 0 saturated carbocycles. The number of fused-ring (bicyclic) bond motifs is 4. The first-order valence-electron chi connectivity index (χ1n) is 10.4. The van der Waals surface area contributed by atoms with Crippen molar-refractivity contribution in [2.45, 2.75) is 51.6 Å². The number of aromatic nitrogens is 3. The number of aryl methyl sites for hydroxylation is 1. The Morgan fingerprint density at radius 1 is 1.28 bits per heavy atom. The van der Waals surface area contributed by atoms with Gasteiger partial charge in [0.25, 0.3) is 12.0 Å². The highest BCUT2D eigenvalue weighted by Crippen LogP contribution is 2.43. The van der Waals surface area contributed by atoms with Crippen LogP contribution in [0.15, 0.2) is 35.3 Å². The fraction of sp³-hybridized carbons (Fsp3) is 0.591. The molecular formula is C22H32N4O3. The number of piperidine rings is 1. The number of hydrogen-bond acceptors (Lipinski definition) is 4. The summed E-state index contributed by atoms with van der Waals surface area (Å²) in [6.07, 6.45) is 5.50. The molecule has 2 aromatic rings. The van der Waals surface area contributed by atoms with Crippen LogP contribution in [-0.2, 0) is 18.4 Å². The minimum atomic E-state index is -0.250. The van der Waals surface area contributed by atoms with E-state index in [4.69, 9.17) is 9.90 Å². The molecule has 7 heteroatoms. The van der Waals surface area contributed by atoms with Crippen molar-refractivity contribution in [3.05, 3.63) is 52.2 Å². The molecule has 0 aliphatic carbocycles. The summed E-state index contributed by atoms with van der Waals surface area (Å²) in [6, 6.07) is 8.29. The second kappa shape index (κ2) is 9.39. The quantitative estimate of drug-likeness (QED) is 0.781. The smallest absolute Gasteiger partial charge is 0.290 e. The number of likely N-dealkylation sites (tertiary alicyclic amines) is 1. The molecule has 4 heterocycles. The average Bonchev–Trinajstić information content (AvgIpc) is 3.07. The molecule has 0 unspecified atom stereocenters. The summed E-state index contributed by atoms with van der Waals surface area (Å²) < 4.78 is 4.01. The molecule has 1 N–H and O–H groups in total. The zero-order valence-corrected chi connectivity index (χ0v) is 17.6. The molecule has 1 fully saturated rings. The number of pyridine rings is 1. The molecule has 1 saturated heterocycles. The Kier molecular flexibility index (Phi) is 6.90. The van der Waals surface area contributed by atoms with Crippen LogP contribution in [-0.4, -0.2) is 43.9 Å². The number of carbonyl (C=O) groups is 1. The Bertz CT molecular complexity index is 873. The van der Waals surface area contributed by atoms with Crippen LogP contribution < -0.4 is 5.56 Å². The summed E-state index contributed by atoms with van der Waals surface area (Å²) in [5, 5.41) is 11.4. The van der Waals surface area contributed by atoms with Gasteiger partial charge in [0, 0.05) is 56.6 Å². The van der Waals surface area contributed by atoms with E-state index in [0.717, 1.165) is 31.7 Å². The lowest BCUT2D eigenvalue weighted by molar-refractivity contribution is -0.122. The van der Waals surface area contributed by atoms with E-state index in [1.54, 1.807) is 6.07 Å². The number of rotatable bonds is 5. The molecule has 29 heavy (non-hydrogen) atoms. The minimum Gasteiger partial charge on any atom is -0.483 e. The molecule has 3 atom stereocenters. The summed E-state index contributed by atoms with van der Waals surface area (Å²) in [7, 11) is 1.97. The molecular weight excluding hydrogens is 368 g/mol. The summed E-state index contributed by atoms with van der Waals surface area (Å²) >= 11 is 0. The van der Waals surface area contributed by atoms with E-state index in [1.807, 2.05) is 24.0 Å². The van der Waals surface area contributed by atoms with E-state index in [1.165, 1.54) is 18.5 Å². The highest BCUT2D eigenvalue weighted by Gasteiger charge is 2.40.